The smallest absolute Gasteiger partial charge is 0.419 e. The van der Waals surface area contributed by atoms with E-state index in [-0.39, 0.29) is 24.0 Å². The maximum absolute atomic E-state index is 16.3. The first-order valence-electron chi connectivity index (χ1n) is 15.0. The summed E-state index contributed by atoms with van der Waals surface area (Å²) < 4.78 is 90.7. The zero-order chi connectivity index (χ0) is 35.5. The quantitative estimate of drug-likeness (QED) is 0.205. The molecule has 7 nitrogen and oxygen atoms in total. The van der Waals surface area contributed by atoms with E-state index in [1.54, 1.807) is 20.8 Å². The Balaban J connectivity index is 2.26. The van der Waals surface area contributed by atoms with Gasteiger partial charge in [0.15, 0.2) is 0 Å². The average Bonchev–Trinajstić information content (AvgIpc) is 2.90. The first-order chi connectivity index (χ1) is 21.7. The monoisotopic (exact) mass is 667 g/mol. The van der Waals surface area contributed by atoms with E-state index in [9.17, 15) is 32.7 Å². The summed E-state index contributed by atoms with van der Waals surface area (Å²) in [5.74, 6) is -7.83. The summed E-state index contributed by atoms with van der Waals surface area (Å²) in [7, 11) is 3.71. The summed E-state index contributed by atoms with van der Waals surface area (Å²) in [4.78, 5) is 40.8. The molecule has 1 aromatic heterocycles. The molecule has 13 heteroatoms. The molecule has 0 aliphatic carbocycles. The van der Waals surface area contributed by atoms with Crippen molar-refractivity contribution in [1.29, 1.82) is 0 Å². The number of nitrogens with one attached hydrogen (secondary N) is 1. The van der Waals surface area contributed by atoms with E-state index in [0.717, 1.165) is 16.2 Å². The van der Waals surface area contributed by atoms with Gasteiger partial charge in [-0.1, -0.05) is 19.9 Å². The zero-order valence-electron chi connectivity index (χ0n) is 27.3. The molecule has 0 bridgehead atoms. The number of aliphatic carboxylic acids is 1. The van der Waals surface area contributed by atoms with Crippen LogP contribution in [-0.4, -0.2) is 47.1 Å². The van der Waals surface area contributed by atoms with Crippen LogP contribution in [0.3, 0.4) is 0 Å². The molecule has 3 aromatic rings. The molecule has 1 amide bonds. The first kappa shape index (κ1) is 37.3. The van der Waals surface area contributed by atoms with Crippen molar-refractivity contribution in [2.24, 2.45) is 5.92 Å². The number of carboxylic acid groups (broad SMARTS) is 1. The molecule has 2 atom stereocenters. The van der Waals surface area contributed by atoms with Gasteiger partial charge in [-0.05, 0) is 88.0 Å². The summed E-state index contributed by atoms with van der Waals surface area (Å²) in [6.45, 7) is 8.69. The minimum atomic E-state index is -5.40. The highest BCUT2D eigenvalue weighted by atomic mass is 19.4. The molecule has 47 heavy (non-hydrogen) atoms. The molecule has 0 aliphatic heterocycles. The number of carboxylic acids is 1. The molecule has 0 spiro atoms. The van der Waals surface area contributed by atoms with Crippen molar-refractivity contribution >= 4 is 11.9 Å². The van der Waals surface area contributed by atoms with Gasteiger partial charge < -0.3 is 19.9 Å². The Morgan fingerprint density at radius 1 is 0.979 bits per heavy atom. The van der Waals surface area contributed by atoms with E-state index >= 15 is 13.2 Å². The molecule has 0 fully saturated rings. The molecule has 0 radical (unpaired) electrons. The topological polar surface area (TPSA) is 91.6 Å². The molecular formula is C34H39F6N3O4. The van der Waals surface area contributed by atoms with Crippen molar-refractivity contribution in [3.63, 3.8) is 0 Å². The predicted octanol–water partition coefficient (Wildman–Crippen LogP) is 6.90. The Hall–Kier alpha value is -4.13. The lowest BCUT2D eigenvalue weighted by Crippen LogP contribution is -2.41. The fourth-order valence-corrected chi connectivity index (χ4v) is 5.60. The van der Waals surface area contributed by atoms with Crippen molar-refractivity contribution in [1.82, 2.24) is 14.8 Å². The average molecular weight is 668 g/mol. The van der Waals surface area contributed by atoms with Crippen LogP contribution in [0.4, 0.5) is 26.3 Å². The third-order valence-corrected chi connectivity index (χ3v) is 7.84. The van der Waals surface area contributed by atoms with Crippen molar-refractivity contribution in [3.8, 4) is 11.1 Å². The molecule has 1 unspecified atom stereocenters. The van der Waals surface area contributed by atoms with E-state index < -0.39 is 81.8 Å². The van der Waals surface area contributed by atoms with Crippen LogP contribution in [0.5, 0.6) is 0 Å². The van der Waals surface area contributed by atoms with Gasteiger partial charge in [0.2, 0.25) is 5.91 Å². The number of carbonyl (C=O) groups is 2. The van der Waals surface area contributed by atoms with Gasteiger partial charge in [-0.15, -0.1) is 0 Å². The van der Waals surface area contributed by atoms with Crippen LogP contribution >= 0.6 is 0 Å². The highest BCUT2D eigenvalue weighted by Crippen LogP contribution is 2.42. The van der Waals surface area contributed by atoms with Gasteiger partial charge in [0.05, 0.1) is 18.0 Å². The second kappa shape index (κ2) is 14.7. The molecule has 0 aliphatic rings. The van der Waals surface area contributed by atoms with Crippen molar-refractivity contribution < 1.29 is 41.0 Å². The highest BCUT2D eigenvalue weighted by Gasteiger charge is 2.40. The number of pyridine rings is 1. The number of hydrogen-bond acceptors (Lipinski definition) is 4. The minimum Gasteiger partial charge on any atom is -0.481 e. The fraction of sp³-hybridized carbons (Fsp3) is 0.441. The fourth-order valence-electron chi connectivity index (χ4n) is 5.60. The number of hydrogen-bond donors (Lipinski definition) is 2. The number of nitrogens with zero attached hydrogens (tertiary/aromatic N) is 2. The highest BCUT2D eigenvalue weighted by molar-refractivity contribution is 5.82. The third-order valence-electron chi connectivity index (χ3n) is 7.84. The van der Waals surface area contributed by atoms with E-state index in [0.29, 0.717) is 24.1 Å². The van der Waals surface area contributed by atoms with Gasteiger partial charge in [0.25, 0.3) is 5.56 Å². The van der Waals surface area contributed by atoms with Crippen LogP contribution in [0.1, 0.15) is 72.2 Å². The SMILES string of the molecule is Cc1cc(C)c(-c2cc(C(F)(F)F)c(F)c([C@H](CC(=O)O)NC(=O)C(CC(C)C)n3cc(CCN(C)C)c(C)cc3=O)c2F)c(F)c1. The van der Waals surface area contributed by atoms with E-state index in [2.05, 4.69) is 5.32 Å². The molecule has 1 heterocycles. The number of likely N-dealkylation sites (N-methyl/N-ethyl adjacent to an activating group) is 1. The number of amides is 1. The zero-order valence-corrected chi connectivity index (χ0v) is 27.3. The van der Waals surface area contributed by atoms with Crippen LogP contribution in [0.25, 0.3) is 11.1 Å². The first-order valence-corrected chi connectivity index (χ1v) is 15.0. The number of benzene rings is 2. The Labute approximate surface area is 269 Å². The van der Waals surface area contributed by atoms with Crippen molar-refractivity contribution in [2.75, 3.05) is 20.6 Å². The summed E-state index contributed by atoms with van der Waals surface area (Å²) in [6.07, 6.45) is -4.59. The maximum atomic E-state index is 16.3. The lowest BCUT2D eigenvalue weighted by atomic mass is 9.90. The van der Waals surface area contributed by atoms with Gasteiger partial charge >= 0.3 is 12.1 Å². The molecular weight excluding hydrogens is 628 g/mol. The number of rotatable bonds is 12. The number of carbonyl (C=O) groups excluding carboxylic acids is 1. The van der Waals surface area contributed by atoms with Crippen molar-refractivity contribution in [2.45, 2.75) is 72.1 Å². The van der Waals surface area contributed by atoms with Crippen LogP contribution in [0, 0.1) is 44.1 Å². The van der Waals surface area contributed by atoms with E-state index in [1.807, 2.05) is 19.0 Å². The second-order valence-corrected chi connectivity index (χ2v) is 12.5. The Morgan fingerprint density at radius 2 is 1.62 bits per heavy atom. The second-order valence-electron chi connectivity index (χ2n) is 12.5. The molecule has 2 aromatic carbocycles. The Kier molecular flexibility index (Phi) is 11.7. The Morgan fingerprint density at radius 3 is 2.15 bits per heavy atom. The lowest BCUT2D eigenvalue weighted by Gasteiger charge is -2.27. The molecule has 0 saturated heterocycles. The lowest BCUT2D eigenvalue weighted by molar-refractivity contribution is -0.140. The van der Waals surface area contributed by atoms with Crippen LogP contribution < -0.4 is 10.9 Å². The number of alkyl halides is 3. The number of halogens is 6. The Bertz CT molecular complexity index is 1690. The van der Waals surface area contributed by atoms with Gasteiger partial charge in [-0.2, -0.15) is 13.2 Å². The third kappa shape index (κ3) is 8.82. The summed E-state index contributed by atoms with van der Waals surface area (Å²) in [6, 6.07) is 0.350. The minimum absolute atomic E-state index is 0.0221. The normalized spacial score (nSPS) is 13.3. The molecule has 2 N–H and O–H groups in total. The molecule has 0 saturated carbocycles. The maximum Gasteiger partial charge on any atom is 0.419 e. The van der Waals surface area contributed by atoms with Gasteiger partial charge in [-0.25, -0.2) is 13.2 Å². The van der Waals surface area contributed by atoms with Gasteiger partial charge in [0.1, 0.15) is 23.5 Å². The summed E-state index contributed by atoms with van der Waals surface area (Å²) in [5, 5.41) is 11.9. The van der Waals surface area contributed by atoms with Crippen LogP contribution in [0.15, 0.2) is 35.3 Å². The van der Waals surface area contributed by atoms with E-state index in [4.69, 9.17) is 0 Å². The predicted molar refractivity (Wildman–Crippen MR) is 166 cm³/mol. The molecule has 256 valence electrons. The van der Waals surface area contributed by atoms with Crippen molar-refractivity contribution in [3.05, 3.63) is 91.6 Å². The summed E-state index contributed by atoms with van der Waals surface area (Å²) in [5.41, 5.74) is -3.62. The largest absolute Gasteiger partial charge is 0.481 e. The standard InChI is InChI=1S/C34H39F6N3O4/c1-17(2)10-26(43-16-21(8-9-42(6)7)19(4)13-27(43)44)33(47)41-25(15-28(45)46)30-31(36)22(14-23(32(30)37)34(38,39)40)29-20(5)11-18(3)12-24(29)35/h11-14,16-17,25-26H,8-10,15H2,1-7H3,(H,41,47)(H,45,46)/t25-,26?/m0/s1. The van der Waals surface area contributed by atoms with Crippen LogP contribution in [-0.2, 0) is 22.2 Å². The number of aryl methyl sites for hydroxylation is 3. The van der Waals surface area contributed by atoms with Gasteiger partial charge in [-0.3, -0.25) is 14.4 Å². The number of aromatic nitrogens is 1. The van der Waals surface area contributed by atoms with Gasteiger partial charge in [0, 0.05) is 35.5 Å². The summed E-state index contributed by atoms with van der Waals surface area (Å²) >= 11 is 0. The van der Waals surface area contributed by atoms with E-state index in [1.165, 1.54) is 32.2 Å². The van der Waals surface area contributed by atoms with Crippen LogP contribution in [0.2, 0.25) is 0 Å². The molecule has 3 rings (SSSR count).